The normalized spacial score (nSPS) is 17.1. The molecule has 1 aliphatic rings. The van der Waals surface area contributed by atoms with Gasteiger partial charge in [-0.3, -0.25) is 0 Å². The van der Waals surface area contributed by atoms with Crippen molar-refractivity contribution in [3.63, 3.8) is 0 Å². The summed E-state index contributed by atoms with van der Waals surface area (Å²) >= 11 is 12.0. The summed E-state index contributed by atoms with van der Waals surface area (Å²) in [6, 6.07) is 6.31. The third-order valence-electron chi connectivity index (χ3n) is 3.39. The summed E-state index contributed by atoms with van der Waals surface area (Å²) in [5.41, 5.74) is 1.23. The molecule has 1 saturated carbocycles. The molecule has 0 radical (unpaired) electrons. The fourth-order valence-electron chi connectivity index (χ4n) is 2.10. The summed E-state index contributed by atoms with van der Waals surface area (Å²) in [5.74, 6) is 0.980. The highest BCUT2D eigenvalue weighted by Crippen LogP contribution is 2.32. The number of benzene rings is 1. The first-order chi connectivity index (χ1) is 8.20. The lowest BCUT2D eigenvalue weighted by molar-refractivity contribution is 0.498. The zero-order valence-corrected chi connectivity index (χ0v) is 11.7. The highest BCUT2D eigenvalue weighted by atomic mass is 35.5. The van der Waals surface area contributed by atoms with E-state index in [2.05, 4.69) is 18.3 Å². The molecule has 3 heteroatoms. The van der Waals surface area contributed by atoms with Crippen LogP contribution in [0, 0.1) is 5.92 Å². The van der Waals surface area contributed by atoms with Crippen molar-refractivity contribution >= 4 is 23.2 Å². The van der Waals surface area contributed by atoms with Crippen LogP contribution in [-0.2, 0) is 0 Å². The number of halogens is 2. The maximum atomic E-state index is 6.05. The molecule has 1 aromatic rings. The van der Waals surface area contributed by atoms with Crippen LogP contribution in [0.15, 0.2) is 18.2 Å². The number of hydrogen-bond donors (Lipinski definition) is 1. The minimum atomic E-state index is 0.392. The van der Waals surface area contributed by atoms with Gasteiger partial charge in [-0.15, -0.1) is 0 Å². The molecule has 0 aromatic heterocycles. The van der Waals surface area contributed by atoms with Crippen molar-refractivity contribution < 1.29 is 0 Å². The van der Waals surface area contributed by atoms with Gasteiger partial charge in [0.05, 0.1) is 10.0 Å². The smallest absolute Gasteiger partial charge is 0.0595 e. The lowest BCUT2D eigenvalue weighted by Crippen LogP contribution is -2.22. The summed E-state index contributed by atoms with van der Waals surface area (Å²) in [7, 11) is 0. The minimum absolute atomic E-state index is 0.392. The lowest BCUT2D eigenvalue weighted by atomic mass is 10.0. The number of hydrogen-bond acceptors (Lipinski definition) is 1. The van der Waals surface area contributed by atoms with Gasteiger partial charge >= 0.3 is 0 Å². The molecule has 17 heavy (non-hydrogen) atoms. The highest BCUT2D eigenvalue weighted by molar-refractivity contribution is 6.42. The van der Waals surface area contributed by atoms with Gasteiger partial charge in [-0.2, -0.15) is 0 Å². The quantitative estimate of drug-likeness (QED) is 0.781. The van der Waals surface area contributed by atoms with Gasteiger partial charge in [-0.25, -0.2) is 0 Å². The van der Waals surface area contributed by atoms with Crippen molar-refractivity contribution in [3.8, 4) is 0 Å². The average Bonchev–Trinajstić information content (AvgIpc) is 3.12. The Kier molecular flexibility index (Phi) is 4.72. The molecule has 1 aliphatic carbocycles. The van der Waals surface area contributed by atoms with Crippen LogP contribution < -0.4 is 5.32 Å². The summed E-state index contributed by atoms with van der Waals surface area (Å²) in [6.45, 7) is 3.29. The Morgan fingerprint density at radius 2 is 2.06 bits per heavy atom. The Bertz CT molecular complexity index is 374. The molecule has 1 N–H and O–H groups in total. The fourth-order valence-corrected chi connectivity index (χ4v) is 2.40. The zero-order chi connectivity index (χ0) is 12.3. The molecule has 1 atom stereocenters. The first-order valence-corrected chi connectivity index (χ1v) is 7.14. The number of rotatable bonds is 6. The van der Waals surface area contributed by atoms with Gasteiger partial charge in [-0.05, 0) is 43.0 Å². The van der Waals surface area contributed by atoms with Crippen molar-refractivity contribution in [2.45, 2.75) is 38.6 Å². The molecule has 1 fully saturated rings. The fraction of sp³-hybridized carbons (Fsp3) is 0.571. The predicted octanol–water partition coefficient (Wildman–Crippen LogP) is 4.83. The monoisotopic (exact) mass is 271 g/mol. The van der Waals surface area contributed by atoms with Crippen LogP contribution in [0.3, 0.4) is 0 Å². The van der Waals surface area contributed by atoms with Gasteiger partial charge < -0.3 is 5.32 Å². The van der Waals surface area contributed by atoms with Gasteiger partial charge in [0.15, 0.2) is 0 Å². The van der Waals surface area contributed by atoms with E-state index in [1.807, 2.05) is 12.1 Å². The molecule has 0 bridgehead atoms. The average molecular weight is 272 g/mol. The summed E-state index contributed by atoms with van der Waals surface area (Å²) in [6.07, 6.45) is 5.22. The van der Waals surface area contributed by atoms with Crippen LogP contribution in [-0.4, -0.2) is 6.54 Å². The second-order valence-electron chi connectivity index (χ2n) is 4.82. The van der Waals surface area contributed by atoms with Crippen molar-refractivity contribution in [1.82, 2.24) is 5.32 Å². The molecule has 0 amide bonds. The van der Waals surface area contributed by atoms with Crippen LogP contribution in [0.2, 0.25) is 10.0 Å². The Morgan fingerprint density at radius 3 is 2.65 bits per heavy atom. The third-order valence-corrected chi connectivity index (χ3v) is 4.13. The molecule has 1 unspecified atom stereocenters. The van der Waals surface area contributed by atoms with Gasteiger partial charge in [0.25, 0.3) is 0 Å². The van der Waals surface area contributed by atoms with Gasteiger partial charge in [0, 0.05) is 6.04 Å². The van der Waals surface area contributed by atoms with Crippen molar-refractivity contribution in [2.75, 3.05) is 6.54 Å². The standard InChI is InChI=1S/C14H19Cl2N/c1-2-14(17-8-7-10-3-4-10)11-5-6-12(15)13(16)9-11/h5-6,9-10,14,17H,2-4,7-8H2,1H3. The molecular weight excluding hydrogens is 253 g/mol. The van der Waals surface area contributed by atoms with E-state index < -0.39 is 0 Å². The van der Waals surface area contributed by atoms with E-state index in [4.69, 9.17) is 23.2 Å². The Labute approximate surface area is 114 Å². The van der Waals surface area contributed by atoms with Crippen molar-refractivity contribution in [2.24, 2.45) is 5.92 Å². The molecule has 0 saturated heterocycles. The SMILES string of the molecule is CCC(NCCC1CC1)c1ccc(Cl)c(Cl)c1. The van der Waals surface area contributed by atoms with Crippen LogP contribution in [0.4, 0.5) is 0 Å². The molecule has 1 nitrogen and oxygen atoms in total. The van der Waals surface area contributed by atoms with Gasteiger partial charge in [0.1, 0.15) is 0 Å². The Morgan fingerprint density at radius 1 is 1.29 bits per heavy atom. The van der Waals surface area contributed by atoms with Crippen molar-refractivity contribution in [1.29, 1.82) is 0 Å². The second-order valence-corrected chi connectivity index (χ2v) is 5.63. The van der Waals surface area contributed by atoms with E-state index in [0.29, 0.717) is 16.1 Å². The lowest BCUT2D eigenvalue weighted by Gasteiger charge is -2.18. The van der Waals surface area contributed by atoms with Crippen molar-refractivity contribution in [3.05, 3.63) is 33.8 Å². The maximum absolute atomic E-state index is 6.05. The summed E-state index contributed by atoms with van der Waals surface area (Å²) in [5, 5.41) is 4.88. The van der Waals surface area contributed by atoms with Crippen LogP contribution >= 0.6 is 23.2 Å². The van der Waals surface area contributed by atoms with Gasteiger partial charge in [-0.1, -0.05) is 49.0 Å². The van der Waals surface area contributed by atoms with Gasteiger partial charge in [0.2, 0.25) is 0 Å². The summed E-state index contributed by atoms with van der Waals surface area (Å²) in [4.78, 5) is 0. The van der Waals surface area contributed by atoms with Crippen LogP contribution in [0.25, 0.3) is 0 Å². The highest BCUT2D eigenvalue weighted by Gasteiger charge is 2.21. The first kappa shape index (κ1) is 13.2. The van der Waals surface area contributed by atoms with E-state index in [-0.39, 0.29) is 0 Å². The molecule has 0 aliphatic heterocycles. The molecule has 94 valence electrons. The van der Waals surface area contributed by atoms with E-state index in [0.717, 1.165) is 18.9 Å². The number of nitrogens with one attached hydrogen (secondary N) is 1. The first-order valence-electron chi connectivity index (χ1n) is 6.39. The van der Waals surface area contributed by atoms with E-state index in [9.17, 15) is 0 Å². The Balaban J connectivity index is 1.92. The van der Waals surface area contributed by atoms with E-state index in [1.54, 1.807) is 0 Å². The summed E-state index contributed by atoms with van der Waals surface area (Å²) < 4.78 is 0. The van der Waals surface area contributed by atoms with Crippen LogP contribution in [0.5, 0.6) is 0 Å². The third kappa shape index (κ3) is 3.87. The van der Waals surface area contributed by atoms with E-state index in [1.165, 1.54) is 24.8 Å². The molecule has 0 heterocycles. The largest absolute Gasteiger partial charge is 0.310 e. The molecular formula is C14H19Cl2N. The Hall–Kier alpha value is -0.240. The molecule has 0 spiro atoms. The predicted molar refractivity (Wildman–Crippen MR) is 74.8 cm³/mol. The zero-order valence-electron chi connectivity index (χ0n) is 10.2. The van der Waals surface area contributed by atoms with Crippen LogP contribution in [0.1, 0.15) is 44.2 Å². The second kappa shape index (κ2) is 6.08. The minimum Gasteiger partial charge on any atom is -0.310 e. The van der Waals surface area contributed by atoms with E-state index >= 15 is 0 Å². The molecule has 2 rings (SSSR count). The topological polar surface area (TPSA) is 12.0 Å². The maximum Gasteiger partial charge on any atom is 0.0595 e. The molecule has 1 aromatic carbocycles.